The summed E-state index contributed by atoms with van der Waals surface area (Å²) in [6.45, 7) is 8.14. The number of aromatic nitrogens is 1. The maximum Gasteiger partial charge on any atom is 0.514 e. The SMILES string of the molecule is CC1(C)OB(c2cc(OC3CC3)cc(Br)n2)OC1(C)C. The van der Waals surface area contributed by atoms with E-state index in [1.807, 2.05) is 39.8 Å². The zero-order valence-electron chi connectivity index (χ0n) is 12.3. The highest BCUT2D eigenvalue weighted by Crippen LogP contribution is 2.36. The lowest BCUT2D eigenvalue weighted by atomic mass is 9.84. The first-order valence-electron chi connectivity index (χ1n) is 6.97. The molecule has 0 aromatic carbocycles. The summed E-state index contributed by atoms with van der Waals surface area (Å²) in [5.74, 6) is 0.819. The average molecular weight is 340 g/mol. The summed E-state index contributed by atoms with van der Waals surface area (Å²) in [5.41, 5.74) is 0.0203. The minimum absolute atomic E-state index is 0.357. The molecule has 1 saturated carbocycles. The van der Waals surface area contributed by atoms with E-state index in [0.717, 1.165) is 28.8 Å². The molecule has 0 atom stereocenters. The molecule has 0 bridgehead atoms. The van der Waals surface area contributed by atoms with Gasteiger partial charge in [-0.25, -0.2) is 4.98 Å². The second-order valence-electron chi connectivity index (χ2n) is 6.46. The van der Waals surface area contributed by atoms with Gasteiger partial charge in [0.2, 0.25) is 0 Å². The maximum absolute atomic E-state index is 6.02. The third kappa shape index (κ3) is 2.74. The van der Waals surface area contributed by atoms with Crippen LogP contribution in [-0.2, 0) is 9.31 Å². The van der Waals surface area contributed by atoms with Gasteiger partial charge in [-0.05, 0) is 62.5 Å². The highest BCUT2D eigenvalue weighted by Gasteiger charge is 2.52. The monoisotopic (exact) mass is 339 g/mol. The van der Waals surface area contributed by atoms with Crippen molar-refractivity contribution in [1.82, 2.24) is 4.98 Å². The molecule has 0 unspecified atom stereocenters. The molecule has 0 spiro atoms. The third-order valence-electron chi connectivity index (χ3n) is 4.11. The zero-order chi connectivity index (χ0) is 14.5. The fraction of sp³-hybridized carbons (Fsp3) is 0.643. The Morgan fingerprint density at radius 1 is 1.20 bits per heavy atom. The lowest BCUT2D eigenvalue weighted by Crippen LogP contribution is -2.41. The lowest BCUT2D eigenvalue weighted by Gasteiger charge is -2.32. The molecular weight excluding hydrogens is 321 g/mol. The van der Waals surface area contributed by atoms with E-state index in [1.54, 1.807) is 0 Å². The van der Waals surface area contributed by atoms with Crippen LogP contribution in [0.3, 0.4) is 0 Å². The van der Waals surface area contributed by atoms with Gasteiger partial charge in [-0.3, -0.25) is 0 Å². The molecule has 2 fully saturated rings. The van der Waals surface area contributed by atoms with Gasteiger partial charge in [-0.15, -0.1) is 0 Å². The predicted octanol–water partition coefficient (Wildman–Crippen LogP) is 2.68. The average Bonchev–Trinajstić information content (AvgIpc) is 3.06. The fourth-order valence-electron chi connectivity index (χ4n) is 2.02. The molecule has 3 rings (SSSR count). The molecule has 1 aliphatic carbocycles. The van der Waals surface area contributed by atoms with Gasteiger partial charge in [0, 0.05) is 6.07 Å². The van der Waals surface area contributed by atoms with Gasteiger partial charge in [0.25, 0.3) is 0 Å². The van der Waals surface area contributed by atoms with Crippen molar-refractivity contribution < 1.29 is 14.0 Å². The summed E-state index contributed by atoms with van der Waals surface area (Å²) in [6, 6.07) is 3.79. The minimum atomic E-state index is -0.459. The lowest BCUT2D eigenvalue weighted by molar-refractivity contribution is 0.00578. The quantitative estimate of drug-likeness (QED) is 0.627. The smallest absolute Gasteiger partial charge is 0.490 e. The summed E-state index contributed by atoms with van der Waals surface area (Å²) in [6.07, 6.45) is 2.62. The molecule has 1 aromatic rings. The van der Waals surface area contributed by atoms with Crippen molar-refractivity contribution in [1.29, 1.82) is 0 Å². The van der Waals surface area contributed by atoms with E-state index in [4.69, 9.17) is 14.0 Å². The van der Waals surface area contributed by atoms with Gasteiger partial charge in [-0.2, -0.15) is 0 Å². The van der Waals surface area contributed by atoms with Crippen LogP contribution >= 0.6 is 15.9 Å². The standard InChI is InChI=1S/C14H19BBrNO3/c1-13(2)14(3,4)20-15(19-13)11-7-10(8-12(16)17-11)18-9-5-6-9/h7-9H,5-6H2,1-4H3. The van der Waals surface area contributed by atoms with E-state index in [1.165, 1.54) is 0 Å². The van der Waals surface area contributed by atoms with E-state index < -0.39 is 7.12 Å². The number of rotatable bonds is 3. The summed E-state index contributed by atoms with van der Waals surface area (Å²) >= 11 is 3.43. The van der Waals surface area contributed by atoms with Crippen molar-refractivity contribution in [2.24, 2.45) is 0 Å². The Hall–Kier alpha value is -0.585. The number of hydrogen-bond donors (Lipinski definition) is 0. The van der Waals surface area contributed by atoms with Crippen LogP contribution in [0.15, 0.2) is 16.7 Å². The van der Waals surface area contributed by atoms with Crippen LogP contribution in [0, 0.1) is 0 Å². The molecule has 0 amide bonds. The molecule has 4 nitrogen and oxygen atoms in total. The molecule has 1 aromatic heterocycles. The number of ether oxygens (including phenoxy) is 1. The van der Waals surface area contributed by atoms with Gasteiger partial charge in [0.1, 0.15) is 10.4 Å². The van der Waals surface area contributed by atoms with Gasteiger partial charge in [0.05, 0.1) is 22.9 Å². The highest BCUT2D eigenvalue weighted by molar-refractivity contribution is 9.10. The van der Waals surface area contributed by atoms with Crippen LogP contribution in [0.5, 0.6) is 5.75 Å². The Morgan fingerprint density at radius 3 is 2.35 bits per heavy atom. The molecule has 108 valence electrons. The number of halogens is 1. The number of nitrogens with zero attached hydrogens (tertiary/aromatic N) is 1. The molecule has 1 saturated heterocycles. The first-order chi connectivity index (χ1) is 9.27. The number of hydrogen-bond acceptors (Lipinski definition) is 4. The molecule has 2 aliphatic rings. The normalized spacial score (nSPS) is 23.9. The maximum atomic E-state index is 6.02. The minimum Gasteiger partial charge on any atom is -0.490 e. The van der Waals surface area contributed by atoms with Crippen LogP contribution in [0.1, 0.15) is 40.5 Å². The van der Waals surface area contributed by atoms with Crippen molar-refractivity contribution in [3.8, 4) is 5.75 Å². The molecular formula is C14H19BBrNO3. The van der Waals surface area contributed by atoms with Crippen molar-refractivity contribution in [2.45, 2.75) is 57.8 Å². The van der Waals surface area contributed by atoms with Crippen LogP contribution in [0.2, 0.25) is 0 Å². The fourth-order valence-corrected chi connectivity index (χ4v) is 2.45. The molecule has 6 heteroatoms. The highest BCUT2D eigenvalue weighted by atomic mass is 79.9. The first kappa shape index (κ1) is 14.4. The number of pyridine rings is 1. The van der Waals surface area contributed by atoms with Gasteiger partial charge >= 0.3 is 7.12 Å². The van der Waals surface area contributed by atoms with Crippen LogP contribution in [-0.4, -0.2) is 29.4 Å². The summed E-state index contributed by atoms with van der Waals surface area (Å²) < 4.78 is 18.6. The largest absolute Gasteiger partial charge is 0.514 e. The van der Waals surface area contributed by atoms with E-state index >= 15 is 0 Å². The third-order valence-corrected chi connectivity index (χ3v) is 4.52. The Morgan fingerprint density at radius 2 is 1.80 bits per heavy atom. The molecule has 0 N–H and O–H groups in total. The van der Waals surface area contributed by atoms with E-state index in [0.29, 0.717) is 6.10 Å². The van der Waals surface area contributed by atoms with Gasteiger partial charge in [-0.1, -0.05) is 0 Å². The van der Waals surface area contributed by atoms with Crippen molar-refractivity contribution in [3.63, 3.8) is 0 Å². The van der Waals surface area contributed by atoms with Crippen molar-refractivity contribution in [2.75, 3.05) is 0 Å². The Balaban J connectivity index is 1.85. The topological polar surface area (TPSA) is 40.6 Å². The van der Waals surface area contributed by atoms with E-state index in [9.17, 15) is 0 Å². The Bertz CT molecular complexity index is 515. The van der Waals surface area contributed by atoms with Crippen LogP contribution in [0.4, 0.5) is 0 Å². The Labute approximate surface area is 128 Å². The summed E-state index contributed by atoms with van der Waals surface area (Å²) in [5, 5.41) is 0. The van der Waals surface area contributed by atoms with Crippen LogP contribution in [0.25, 0.3) is 0 Å². The summed E-state index contributed by atoms with van der Waals surface area (Å²) in [4.78, 5) is 4.46. The van der Waals surface area contributed by atoms with Gasteiger partial charge < -0.3 is 14.0 Å². The molecule has 1 aliphatic heterocycles. The zero-order valence-corrected chi connectivity index (χ0v) is 13.9. The summed E-state index contributed by atoms with van der Waals surface area (Å²) in [7, 11) is -0.459. The Kier molecular flexibility index (Phi) is 3.38. The second kappa shape index (κ2) is 4.72. The van der Waals surface area contributed by atoms with E-state index in [-0.39, 0.29) is 11.2 Å². The van der Waals surface area contributed by atoms with Gasteiger partial charge in [0.15, 0.2) is 0 Å². The van der Waals surface area contributed by atoms with Crippen LogP contribution < -0.4 is 10.3 Å². The second-order valence-corrected chi connectivity index (χ2v) is 7.27. The molecule has 2 heterocycles. The van der Waals surface area contributed by atoms with Crippen molar-refractivity contribution in [3.05, 3.63) is 16.7 Å². The molecule has 20 heavy (non-hydrogen) atoms. The molecule has 0 radical (unpaired) electrons. The predicted molar refractivity (Wildman–Crippen MR) is 81.3 cm³/mol. The van der Waals surface area contributed by atoms with E-state index in [2.05, 4.69) is 20.9 Å². The first-order valence-corrected chi connectivity index (χ1v) is 7.76. The van der Waals surface area contributed by atoms with Crippen molar-refractivity contribution >= 4 is 28.6 Å².